The van der Waals surface area contributed by atoms with E-state index in [-0.39, 0.29) is 57.1 Å². The number of nitrogens with zero attached hydrogens (tertiary/aromatic N) is 2. The molecule has 156 valence electrons. The fraction of sp³-hybridized carbons (Fsp3) is 0.529. The van der Waals surface area contributed by atoms with Crippen molar-refractivity contribution in [2.75, 3.05) is 39.3 Å². The first-order chi connectivity index (χ1) is 13.1. The number of carbonyl (C=O) groups is 2. The normalized spacial score (nSPS) is 16.2. The van der Waals surface area contributed by atoms with Gasteiger partial charge < -0.3 is 10.6 Å². The van der Waals surface area contributed by atoms with E-state index in [0.717, 1.165) is 16.4 Å². The fourth-order valence-corrected chi connectivity index (χ4v) is 4.25. The van der Waals surface area contributed by atoms with E-state index in [9.17, 15) is 26.8 Å². The number of carbonyl (C=O) groups excluding carboxylic acids is 2. The summed E-state index contributed by atoms with van der Waals surface area (Å²) in [7, 11) is -4.16. The Kier molecular flexibility index (Phi) is 7.44. The first kappa shape index (κ1) is 22.2. The summed E-state index contributed by atoms with van der Waals surface area (Å²) in [6.07, 6.45) is 0. The summed E-state index contributed by atoms with van der Waals surface area (Å²) in [6, 6.07) is 2.26. The molecule has 2 N–H and O–H groups in total. The lowest BCUT2D eigenvalue weighted by Crippen LogP contribution is -2.51. The first-order valence-electron chi connectivity index (χ1n) is 8.83. The third-order valence-electron chi connectivity index (χ3n) is 4.11. The molecule has 0 radical (unpaired) electrons. The summed E-state index contributed by atoms with van der Waals surface area (Å²) in [5.41, 5.74) is 0. The molecule has 11 heteroatoms. The van der Waals surface area contributed by atoms with Crippen molar-refractivity contribution in [2.24, 2.45) is 0 Å². The molecule has 0 saturated carbocycles. The van der Waals surface area contributed by atoms with Crippen LogP contribution < -0.4 is 10.6 Å². The molecule has 2 rings (SSSR count). The summed E-state index contributed by atoms with van der Waals surface area (Å²) in [5.74, 6) is -2.50. The molecule has 28 heavy (non-hydrogen) atoms. The Morgan fingerprint density at radius 3 is 2.36 bits per heavy atom. The van der Waals surface area contributed by atoms with Gasteiger partial charge in [-0.15, -0.1) is 0 Å². The van der Waals surface area contributed by atoms with E-state index < -0.39 is 26.6 Å². The van der Waals surface area contributed by atoms with Gasteiger partial charge in [-0.3, -0.25) is 14.5 Å². The second-order valence-corrected chi connectivity index (χ2v) is 8.66. The van der Waals surface area contributed by atoms with Crippen LogP contribution in [-0.4, -0.2) is 74.7 Å². The number of amides is 2. The highest BCUT2D eigenvalue weighted by Gasteiger charge is 2.31. The lowest BCUT2D eigenvalue weighted by molar-refractivity contribution is -0.127. The molecule has 1 heterocycles. The zero-order valence-electron chi connectivity index (χ0n) is 15.7. The smallest absolute Gasteiger partial charge is 0.246 e. The quantitative estimate of drug-likeness (QED) is 0.645. The van der Waals surface area contributed by atoms with E-state index in [2.05, 4.69) is 10.6 Å². The average Bonchev–Trinajstić information content (AvgIpc) is 2.62. The molecule has 2 amide bonds. The molecule has 1 aromatic carbocycles. The van der Waals surface area contributed by atoms with Crippen LogP contribution in [0.15, 0.2) is 23.1 Å². The number of hydrogen-bond donors (Lipinski definition) is 2. The molecule has 8 nitrogen and oxygen atoms in total. The van der Waals surface area contributed by atoms with Crippen molar-refractivity contribution in [3.05, 3.63) is 29.8 Å². The molecule has 0 atom stereocenters. The van der Waals surface area contributed by atoms with E-state index in [4.69, 9.17) is 0 Å². The second-order valence-electron chi connectivity index (χ2n) is 6.75. The Balaban J connectivity index is 1.86. The Morgan fingerprint density at radius 2 is 1.75 bits per heavy atom. The summed E-state index contributed by atoms with van der Waals surface area (Å²) in [4.78, 5) is 24.5. The predicted molar refractivity (Wildman–Crippen MR) is 97.8 cm³/mol. The fourth-order valence-electron chi connectivity index (χ4n) is 2.75. The SMILES string of the molecule is CC(C)NC(=O)CNC(=O)CN1CCN(S(=O)(=O)c2cc(F)ccc2F)CC1. The van der Waals surface area contributed by atoms with Crippen molar-refractivity contribution >= 4 is 21.8 Å². The Morgan fingerprint density at radius 1 is 1.11 bits per heavy atom. The van der Waals surface area contributed by atoms with Crippen LogP contribution in [0.25, 0.3) is 0 Å². The monoisotopic (exact) mass is 418 g/mol. The number of hydrogen-bond acceptors (Lipinski definition) is 5. The number of nitrogens with one attached hydrogen (secondary N) is 2. The van der Waals surface area contributed by atoms with Crippen LogP contribution in [0.3, 0.4) is 0 Å². The maximum atomic E-state index is 13.8. The van der Waals surface area contributed by atoms with E-state index in [1.165, 1.54) is 0 Å². The van der Waals surface area contributed by atoms with Crippen molar-refractivity contribution in [3.63, 3.8) is 0 Å². The number of halogens is 2. The van der Waals surface area contributed by atoms with Gasteiger partial charge in [0, 0.05) is 32.2 Å². The lowest BCUT2D eigenvalue weighted by Gasteiger charge is -2.33. The van der Waals surface area contributed by atoms with Crippen LogP contribution in [-0.2, 0) is 19.6 Å². The molecule has 1 aromatic rings. The van der Waals surface area contributed by atoms with Crippen molar-refractivity contribution in [1.29, 1.82) is 0 Å². The molecule has 1 fully saturated rings. The van der Waals surface area contributed by atoms with Crippen molar-refractivity contribution in [1.82, 2.24) is 19.8 Å². The van der Waals surface area contributed by atoms with Gasteiger partial charge in [-0.2, -0.15) is 4.31 Å². The maximum absolute atomic E-state index is 13.8. The Bertz CT molecular complexity index is 824. The van der Waals surface area contributed by atoms with Gasteiger partial charge in [0.15, 0.2) is 0 Å². The number of sulfonamides is 1. The minimum Gasteiger partial charge on any atom is -0.352 e. The minimum atomic E-state index is -4.16. The van der Waals surface area contributed by atoms with Gasteiger partial charge in [0.25, 0.3) is 0 Å². The van der Waals surface area contributed by atoms with Gasteiger partial charge in [0.1, 0.15) is 16.5 Å². The summed E-state index contributed by atoms with van der Waals surface area (Å²) >= 11 is 0. The topological polar surface area (TPSA) is 98.8 Å². The molecular weight excluding hydrogens is 394 g/mol. The molecule has 0 aromatic heterocycles. The number of rotatable bonds is 7. The first-order valence-corrected chi connectivity index (χ1v) is 10.3. The molecule has 0 aliphatic carbocycles. The van der Waals surface area contributed by atoms with Crippen molar-refractivity contribution in [3.8, 4) is 0 Å². The average molecular weight is 418 g/mol. The van der Waals surface area contributed by atoms with Gasteiger partial charge in [0.2, 0.25) is 21.8 Å². The highest BCUT2D eigenvalue weighted by molar-refractivity contribution is 7.89. The lowest BCUT2D eigenvalue weighted by atomic mass is 10.3. The van der Waals surface area contributed by atoms with Gasteiger partial charge >= 0.3 is 0 Å². The van der Waals surface area contributed by atoms with Crippen LogP contribution in [0.5, 0.6) is 0 Å². The largest absolute Gasteiger partial charge is 0.352 e. The van der Waals surface area contributed by atoms with Gasteiger partial charge in [-0.1, -0.05) is 0 Å². The molecule has 0 unspecified atom stereocenters. The number of benzene rings is 1. The van der Waals surface area contributed by atoms with Crippen LogP contribution in [0.1, 0.15) is 13.8 Å². The van der Waals surface area contributed by atoms with Crippen LogP contribution in [0.4, 0.5) is 8.78 Å². The number of piperazine rings is 1. The molecule has 1 saturated heterocycles. The van der Waals surface area contributed by atoms with E-state index >= 15 is 0 Å². The summed E-state index contributed by atoms with van der Waals surface area (Å²) < 4.78 is 53.3. The molecular formula is C17H24F2N4O4S. The zero-order valence-corrected chi connectivity index (χ0v) is 16.6. The van der Waals surface area contributed by atoms with E-state index in [1.54, 1.807) is 4.90 Å². The molecule has 1 aliphatic rings. The summed E-state index contributed by atoms with van der Waals surface area (Å²) in [5, 5.41) is 5.15. The van der Waals surface area contributed by atoms with Gasteiger partial charge in [-0.05, 0) is 32.0 Å². The highest BCUT2D eigenvalue weighted by atomic mass is 32.2. The van der Waals surface area contributed by atoms with Crippen molar-refractivity contribution in [2.45, 2.75) is 24.8 Å². The standard InChI is InChI=1S/C17H24F2N4O4S/c1-12(2)21-16(24)10-20-17(25)11-22-5-7-23(8-6-22)28(26,27)15-9-13(18)3-4-14(15)19/h3-4,9,12H,5-8,10-11H2,1-2H3,(H,20,25)(H,21,24). The highest BCUT2D eigenvalue weighted by Crippen LogP contribution is 2.21. The van der Waals surface area contributed by atoms with E-state index in [1.807, 2.05) is 13.8 Å². The van der Waals surface area contributed by atoms with Gasteiger partial charge in [0.05, 0.1) is 13.1 Å². The van der Waals surface area contributed by atoms with Gasteiger partial charge in [-0.25, -0.2) is 17.2 Å². The predicted octanol–water partition coefficient (Wildman–Crippen LogP) is -0.0881. The third kappa shape index (κ3) is 5.94. The maximum Gasteiger partial charge on any atom is 0.246 e. The molecule has 0 spiro atoms. The van der Waals surface area contributed by atoms with Crippen LogP contribution >= 0.6 is 0 Å². The van der Waals surface area contributed by atoms with Crippen molar-refractivity contribution < 1.29 is 26.8 Å². The third-order valence-corrected chi connectivity index (χ3v) is 6.02. The summed E-state index contributed by atoms with van der Waals surface area (Å²) in [6.45, 7) is 4.08. The Labute approximate surface area is 162 Å². The second kappa shape index (κ2) is 9.39. The Hall–Kier alpha value is -2.11. The van der Waals surface area contributed by atoms with Crippen LogP contribution in [0, 0.1) is 11.6 Å². The van der Waals surface area contributed by atoms with E-state index in [0.29, 0.717) is 6.07 Å². The minimum absolute atomic E-state index is 0.0111. The molecule has 0 bridgehead atoms. The zero-order chi connectivity index (χ0) is 20.9. The molecule has 1 aliphatic heterocycles. The van der Waals surface area contributed by atoms with Crippen LogP contribution in [0.2, 0.25) is 0 Å².